The number of hydrogen-bond acceptors (Lipinski definition) is 9. The van der Waals surface area contributed by atoms with Crippen molar-refractivity contribution in [3.63, 3.8) is 0 Å². The molecule has 0 radical (unpaired) electrons. The van der Waals surface area contributed by atoms with Crippen LogP contribution in [-0.4, -0.2) is 64.1 Å². The van der Waals surface area contributed by atoms with Crippen LogP contribution in [0.2, 0.25) is 0 Å². The molecule has 40 heavy (non-hydrogen) atoms. The molecule has 208 valence electrons. The van der Waals surface area contributed by atoms with Gasteiger partial charge in [-0.3, -0.25) is 25.9 Å². The van der Waals surface area contributed by atoms with Gasteiger partial charge in [-0.05, 0) is 54.1 Å². The molecule has 1 fully saturated rings. The Kier molecular flexibility index (Phi) is 9.96. The van der Waals surface area contributed by atoms with Crippen LogP contribution in [0.5, 0.6) is 0 Å². The van der Waals surface area contributed by atoms with E-state index in [1.54, 1.807) is 41.4 Å². The first-order valence-electron chi connectivity index (χ1n) is 13.1. The lowest BCUT2D eigenvalue weighted by atomic mass is 10.0. The van der Waals surface area contributed by atoms with E-state index in [4.69, 9.17) is 21.0 Å². The van der Waals surface area contributed by atoms with E-state index in [-0.39, 0.29) is 29.6 Å². The van der Waals surface area contributed by atoms with E-state index in [1.165, 1.54) is 18.3 Å². The predicted octanol–water partition coefficient (Wildman–Crippen LogP) is 5.33. The Morgan fingerprint density at radius 2 is 1.88 bits per heavy atom. The number of nitrogens with one attached hydrogen (secondary N) is 4. The van der Waals surface area contributed by atoms with Gasteiger partial charge in [0.05, 0.1) is 11.0 Å². The van der Waals surface area contributed by atoms with E-state index in [9.17, 15) is 9.90 Å². The molecular formula is C30H34N6O3S. The summed E-state index contributed by atoms with van der Waals surface area (Å²) < 4.78 is 5.07. The zero-order chi connectivity index (χ0) is 28.5. The minimum atomic E-state index is -0.572. The van der Waals surface area contributed by atoms with Gasteiger partial charge in [-0.2, -0.15) is 0 Å². The number of β-amino-alcohol motifs (C(OH)–C–C–N with tert-alkyl or cyclic N) is 1. The molecule has 5 N–H and O–H groups in total. The standard InChI is InChI=1S/C30H34N6O3S/c1-21(31)39-29(33)23-9-5-10-24(19-23)34-15-12-28(32)36(30(38)27-11-6-18-40-27)25-13-16-35(17-14-25)20-26(37)22-7-3-2-4-8-22/h2-12,15,18-19,25-26,31-34,37H,13-14,16-17,20H2,1H3/b15-12-,31-21?,32-28?,33-29?. The molecule has 1 aromatic heterocycles. The summed E-state index contributed by atoms with van der Waals surface area (Å²) in [5.41, 5.74) is 2.08. The number of amides is 1. The molecule has 0 saturated carbocycles. The van der Waals surface area contributed by atoms with Crippen molar-refractivity contribution in [3.05, 3.63) is 100 Å². The molecule has 0 spiro atoms. The summed E-state index contributed by atoms with van der Waals surface area (Å²) in [7, 11) is 0. The van der Waals surface area contributed by atoms with E-state index in [0.717, 1.165) is 5.56 Å². The Morgan fingerprint density at radius 3 is 2.55 bits per heavy atom. The van der Waals surface area contributed by atoms with E-state index >= 15 is 0 Å². The van der Waals surface area contributed by atoms with Gasteiger partial charge in [-0.15, -0.1) is 11.3 Å². The number of thiophene rings is 1. The number of likely N-dealkylation sites (tertiary alicyclic amines) is 1. The summed E-state index contributed by atoms with van der Waals surface area (Å²) in [6.45, 7) is 3.42. The maximum Gasteiger partial charge on any atom is 0.269 e. The zero-order valence-electron chi connectivity index (χ0n) is 22.3. The highest BCUT2D eigenvalue weighted by molar-refractivity contribution is 7.12. The van der Waals surface area contributed by atoms with Crippen LogP contribution in [0.3, 0.4) is 0 Å². The molecule has 1 unspecified atom stereocenters. The second-order valence-corrected chi connectivity index (χ2v) is 10.5. The minimum Gasteiger partial charge on any atom is -0.426 e. The predicted molar refractivity (Wildman–Crippen MR) is 160 cm³/mol. The van der Waals surface area contributed by atoms with Crippen LogP contribution in [0, 0.1) is 16.2 Å². The van der Waals surface area contributed by atoms with Crippen molar-refractivity contribution in [2.75, 3.05) is 25.0 Å². The van der Waals surface area contributed by atoms with Gasteiger partial charge in [0.25, 0.3) is 5.91 Å². The lowest BCUT2D eigenvalue weighted by Gasteiger charge is -2.38. The van der Waals surface area contributed by atoms with Crippen LogP contribution in [0.4, 0.5) is 5.69 Å². The normalized spacial score (nSPS) is 14.9. The molecule has 1 atom stereocenters. The number of aliphatic hydroxyl groups excluding tert-OH is 1. The van der Waals surface area contributed by atoms with Crippen molar-refractivity contribution in [1.82, 2.24) is 9.80 Å². The monoisotopic (exact) mass is 558 g/mol. The number of carbonyl (C=O) groups is 1. The summed E-state index contributed by atoms with van der Waals surface area (Å²) in [4.78, 5) is 17.8. The molecule has 3 aromatic rings. The maximum absolute atomic E-state index is 13.5. The highest BCUT2D eigenvalue weighted by Gasteiger charge is 2.31. The average Bonchev–Trinajstić information content (AvgIpc) is 3.50. The third kappa shape index (κ3) is 7.72. The number of amidine groups is 1. The van der Waals surface area contributed by atoms with E-state index < -0.39 is 6.10 Å². The number of nitrogens with zero attached hydrogens (tertiary/aromatic N) is 2. The molecule has 9 nitrogen and oxygen atoms in total. The molecule has 0 aliphatic carbocycles. The maximum atomic E-state index is 13.5. The van der Waals surface area contributed by atoms with Gasteiger partial charge in [-0.25, -0.2) is 0 Å². The number of rotatable bonds is 9. The quantitative estimate of drug-likeness (QED) is 0.179. The largest absolute Gasteiger partial charge is 0.426 e. The molecule has 2 heterocycles. The molecule has 10 heteroatoms. The smallest absolute Gasteiger partial charge is 0.269 e. The Labute approximate surface area is 238 Å². The van der Waals surface area contributed by atoms with E-state index in [0.29, 0.717) is 48.6 Å². The summed E-state index contributed by atoms with van der Waals surface area (Å²) in [5, 5.41) is 39.8. The van der Waals surface area contributed by atoms with Gasteiger partial charge >= 0.3 is 0 Å². The van der Waals surface area contributed by atoms with Gasteiger partial charge < -0.3 is 20.1 Å². The molecule has 1 amide bonds. The number of aliphatic hydroxyl groups is 1. The van der Waals surface area contributed by atoms with Crippen LogP contribution in [0.25, 0.3) is 0 Å². The third-order valence-corrected chi connectivity index (χ3v) is 7.48. The van der Waals surface area contributed by atoms with Crippen molar-refractivity contribution >= 4 is 40.6 Å². The number of hydrogen-bond donors (Lipinski definition) is 5. The van der Waals surface area contributed by atoms with E-state index in [2.05, 4.69) is 10.2 Å². The SMILES string of the molecule is CC(=N)OC(=N)c1cccc(N/C=C\C(=N)N(C(=O)c2cccs2)C2CCN(CC(O)c3ccccc3)CC2)c1. The zero-order valence-corrected chi connectivity index (χ0v) is 23.2. The Bertz CT molecular complexity index is 1350. The van der Waals surface area contributed by atoms with Crippen molar-refractivity contribution in [2.24, 2.45) is 0 Å². The Balaban J connectivity index is 1.40. The Morgan fingerprint density at radius 1 is 1.12 bits per heavy atom. The van der Waals surface area contributed by atoms with Crippen molar-refractivity contribution in [2.45, 2.75) is 31.9 Å². The number of anilines is 1. The number of piperidine rings is 1. The van der Waals surface area contributed by atoms with Crippen LogP contribution in [0.1, 0.15) is 46.7 Å². The fourth-order valence-electron chi connectivity index (χ4n) is 4.64. The van der Waals surface area contributed by atoms with Crippen LogP contribution in [-0.2, 0) is 4.74 Å². The highest BCUT2D eigenvalue weighted by atomic mass is 32.1. The first-order chi connectivity index (χ1) is 19.3. The highest BCUT2D eigenvalue weighted by Crippen LogP contribution is 2.24. The molecular weight excluding hydrogens is 524 g/mol. The summed E-state index contributed by atoms with van der Waals surface area (Å²) in [5.74, 6) is -0.295. The summed E-state index contributed by atoms with van der Waals surface area (Å²) in [6, 6.07) is 20.1. The molecule has 1 saturated heterocycles. The number of carbonyl (C=O) groups excluding carboxylic acids is 1. The Hall–Kier alpha value is -4.12. The molecule has 2 aromatic carbocycles. The second kappa shape index (κ2) is 13.8. The first kappa shape index (κ1) is 28.9. The minimum absolute atomic E-state index is 0.0644. The average molecular weight is 559 g/mol. The van der Waals surface area contributed by atoms with Gasteiger partial charge in [0, 0.05) is 50.1 Å². The van der Waals surface area contributed by atoms with Gasteiger partial charge in [0.2, 0.25) is 5.90 Å². The van der Waals surface area contributed by atoms with Crippen molar-refractivity contribution in [3.8, 4) is 0 Å². The summed E-state index contributed by atoms with van der Waals surface area (Å²) >= 11 is 1.36. The third-order valence-electron chi connectivity index (χ3n) is 6.62. The molecule has 1 aliphatic rings. The van der Waals surface area contributed by atoms with Gasteiger partial charge in [-0.1, -0.05) is 42.5 Å². The first-order valence-corrected chi connectivity index (χ1v) is 14.0. The molecule has 0 bridgehead atoms. The van der Waals surface area contributed by atoms with Gasteiger partial charge in [0.15, 0.2) is 5.90 Å². The van der Waals surface area contributed by atoms with Crippen LogP contribution >= 0.6 is 11.3 Å². The lowest BCUT2D eigenvalue weighted by Crippen LogP contribution is -2.49. The molecule has 4 rings (SSSR count). The number of ether oxygens (including phenoxy) is 1. The number of benzene rings is 2. The summed E-state index contributed by atoms with van der Waals surface area (Å²) in [6.07, 6.45) is 3.98. The lowest BCUT2D eigenvalue weighted by molar-refractivity contribution is 0.0648. The molecule has 1 aliphatic heterocycles. The second-order valence-electron chi connectivity index (χ2n) is 9.54. The fraction of sp³-hybridized carbons (Fsp3) is 0.267. The van der Waals surface area contributed by atoms with E-state index in [1.807, 2.05) is 47.8 Å². The van der Waals surface area contributed by atoms with Crippen LogP contribution < -0.4 is 5.32 Å². The topological polar surface area (TPSA) is 137 Å². The fourth-order valence-corrected chi connectivity index (χ4v) is 5.30. The van der Waals surface area contributed by atoms with Crippen LogP contribution in [0.15, 0.2) is 84.4 Å². The van der Waals surface area contributed by atoms with Crippen molar-refractivity contribution in [1.29, 1.82) is 16.2 Å². The van der Waals surface area contributed by atoms with Gasteiger partial charge in [0.1, 0.15) is 5.84 Å². The van der Waals surface area contributed by atoms with Crippen molar-refractivity contribution < 1.29 is 14.6 Å².